The van der Waals surface area contributed by atoms with Crippen LogP contribution in [0.5, 0.6) is 0 Å². The number of hydrazone groups is 1. The van der Waals surface area contributed by atoms with Crippen molar-refractivity contribution in [2.75, 3.05) is 0 Å². The SMILES string of the molecule is CCCCCC(CC1CC1)=NN. The molecule has 1 aliphatic carbocycles. The minimum Gasteiger partial charge on any atom is -0.323 e. The van der Waals surface area contributed by atoms with Gasteiger partial charge in [-0.3, -0.25) is 0 Å². The molecule has 1 rings (SSSR count). The molecule has 0 atom stereocenters. The van der Waals surface area contributed by atoms with Crippen LogP contribution < -0.4 is 5.84 Å². The third-order valence-electron chi connectivity index (χ3n) is 2.47. The van der Waals surface area contributed by atoms with Gasteiger partial charge < -0.3 is 5.84 Å². The van der Waals surface area contributed by atoms with Crippen molar-refractivity contribution >= 4 is 5.71 Å². The molecule has 0 aliphatic heterocycles. The van der Waals surface area contributed by atoms with E-state index in [1.807, 2.05) is 0 Å². The fraction of sp³-hybridized carbons (Fsp3) is 0.900. The quantitative estimate of drug-likeness (QED) is 0.281. The molecule has 0 bridgehead atoms. The van der Waals surface area contributed by atoms with Crippen LogP contribution in [0.2, 0.25) is 0 Å². The highest BCUT2D eigenvalue weighted by molar-refractivity contribution is 5.84. The first kappa shape index (κ1) is 9.56. The fourth-order valence-corrected chi connectivity index (χ4v) is 1.45. The summed E-state index contributed by atoms with van der Waals surface area (Å²) in [5, 5.41) is 3.86. The minimum absolute atomic E-state index is 0.925. The number of hydrogen-bond acceptors (Lipinski definition) is 2. The van der Waals surface area contributed by atoms with Crippen LogP contribution in [0.1, 0.15) is 51.9 Å². The van der Waals surface area contributed by atoms with Gasteiger partial charge in [-0.15, -0.1) is 0 Å². The molecule has 0 amide bonds. The average molecular weight is 168 g/mol. The van der Waals surface area contributed by atoms with Crippen molar-refractivity contribution in [1.82, 2.24) is 0 Å². The molecule has 70 valence electrons. The van der Waals surface area contributed by atoms with Crippen molar-refractivity contribution < 1.29 is 0 Å². The van der Waals surface area contributed by atoms with Crippen LogP contribution >= 0.6 is 0 Å². The lowest BCUT2D eigenvalue weighted by molar-refractivity contribution is 0.727. The third-order valence-corrected chi connectivity index (χ3v) is 2.47. The van der Waals surface area contributed by atoms with Crippen LogP contribution in [-0.2, 0) is 0 Å². The molecule has 0 aromatic carbocycles. The van der Waals surface area contributed by atoms with Gasteiger partial charge in [0, 0.05) is 5.71 Å². The number of rotatable bonds is 6. The Hall–Kier alpha value is -0.530. The first-order valence-electron chi connectivity index (χ1n) is 5.12. The summed E-state index contributed by atoms with van der Waals surface area (Å²) >= 11 is 0. The number of nitrogens with zero attached hydrogens (tertiary/aromatic N) is 1. The normalized spacial score (nSPS) is 18.2. The van der Waals surface area contributed by atoms with E-state index >= 15 is 0 Å². The molecule has 0 unspecified atom stereocenters. The van der Waals surface area contributed by atoms with Gasteiger partial charge in [0.2, 0.25) is 0 Å². The van der Waals surface area contributed by atoms with Crippen molar-refractivity contribution in [3.05, 3.63) is 0 Å². The van der Waals surface area contributed by atoms with Crippen LogP contribution in [0.25, 0.3) is 0 Å². The zero-order chi connectivity index (χ0) is 8.81. The van der Waals surface area contributed by atoms with Gasteiger partial charge in [-0.2, -0.15) is 5.10 Å². The Labute approximate surface area is 75.2 Å². The zero-order valence-corrected chi connectivity index (χ0v) is 8.05. The first-order chi connectivity index (χ1) is 5.86. The summed E-state index contributed by atoms with van der Waals surface area (Å²) in [6.45, 7) is 2.22. The highest BCUT2D eigenvalue weighted by Gasteiger charge is 2.22. The zero-order valence-electron chi connectivity index (χ0n) is 8.05. The van der Waals surface area contributed by atoms with Crippen molar-refractivity contribution in [2.24, 2.45) is 16.9 Å². The lowest BCUT2D eigenvalue weighted by Gasteiger charge is -2.02. The average Bonchev–Trinajstić information content (AvgIpc) is 2.87. The molecule has 0 aromatic rings. The monoisotopic (exact) mass is 168 g/mol. The molecule has 1 fully saturated rings. The summed E-state index contributed by atoms with van der Waals surface area (Å²) in [5.74, 6) is 6.24. The first-order valence-corrected chi connectivity index (χ1v) is 5.12. The molecule has 0 spiro atoms. The van der Waals surface area contributed by atoms with Gasteiger partial charge >= 0.3 is 0 Å². The largest absolute Gasteiger partial charge is 0.323 e. The van der Waals surface area contributed by atoms with Crippen LogP contribution in [0.3, 0.4) is 0 Å². The van der Waals surface area contributed by atoms with E-state index in [9.17, 15) is 0 Å². The summed E-state index contributed by atoms with van der Waals surface area (Å²) in [6.07, 6.45) is 8.94. The van der Waals surface area contributed by atoms with E-state index in [0.717, 1.165) is 12.3 Å². The second-order valence-electron chi connectivity index (χ2n) is 3.80. The molecule has 0 aromatic heterocycles. The van der Waals surface area contributed by atoms with E-state index in [1.165, 1.54) is 44.2 Å². The van der Waals surface area contributed by atoms with Crippen molar-refractivity contribution in [2.45, 2.75) is 51.9 Å². The maximum absolute atomic E-state index is 5.32. The number of hydrogen-bond donors (Lipinski definition) is 1. The molecule has 2 nitrogen and oxygen atoms in total. The molecule has 2 N–H and O–H groups in total. The highest BCUT2D eigenvalue weighted by atomic mass is 15.1. The van der Waals surface area contributed by atoms with E-state index in [2.05, 4.69) is 12.0 Å². The maximum atomic E-state index is 5.32. The number of nitrogens with two attached hydrogens (primary N) is 1. The van der Waals surface area contributed by atoms with Gasteiger partial charge in [-0.1, -0.05) is 19.8 Å². The van der Waals surface area contributed by atoms with Gasteiger partial charge in [-0.05, 0) is 38.0 Å². The molecule has 12 heavy (non-hydrogen) atoms. The molecular weight excluding hydrogens is 148 g/mol. The Kier molecular flexibility index (Phi) is 4.12. The topological polar surface area (TPSA) is 38.4 Å². The van der Waals surface area contributed by atoms with Crippen molar-refractivity contribution in [1.29, 1.82) is 0 Å². The molecule has 0 radical (unpaired) electrons. The van der Waals surface area contributed by atoms with Gasteiger partial charge in [0.1, 0.15) is 0 Å². The van der Waals surface area contributed by atoms with E-state index in [0.29, 0.717) is 0 Å². The summed E-state index contributed by atoms with van der Waals surface area (Å²) in [6, 6.07) is 0. The Balaban J connectivity index is 2.07. The van der Waals surface area contributed by atoms with E-state index in [4.69, 9.17) is 5.84 Å². The molecule has 0 heterocycles. The summed E-state index contributed by atoms with van der Waals surface area (Å²) in [4.78, 5) is 0. The second-order valence-corrected chi connectivity index (χ2v) is 3.80. The summed E-state index contributed by atoms with van der Waals surface area (Å²) < 4.78 is 0. The van der Waals surface area contributed by atoms with Gasteiger partial charge in [-0.25, -0.2) is 0 Å². The van der Waals surface area contributed by atoms with Gasteiger partial charge in [0.25, 0.3) is 0 Å². The fourth-order valence-electron chi connectivity index (χ4n) is 1.45. The van der Waals surface area contributed by atoms with Crippen LogP contribution in [0.15, 0.2) is 5.10 Å². The highest BCUT2D eigenvalue weighted by Crippen LogP contribution is 2.33. The minimum atomic E-state index is 0.925. The summed E-state index contributed by atoms with van der Waals surface area (Å²) in [5.41, 5.74) is 1.24. The third kappa shape index (κ3) is 3.74. The molecule has 0 saturated heterocycles. The smallest absolute Gasteiger partial charge is 0.0378 e. The number of unbranched alkanes of at least 4 members (excludes halogenated alkanes) is 2. The molecular formula is C10H20N2. The van der Waals surface area contributed by atoms with E-state index in [1.54, 1.807) is 0 Å². The lowest BCUT2D eigenvalue weighted by atomic mass is 10.1. The molecule has 2 heteroatoms. The Bertz CT molecular complexity index is 148. The van der Waals surface area contributed by atoms with Gasteiger partial charge in [0.15, 0.2) is 0 Å². The molecule has 1 saturated carbocycles. The predicted octanol–water partition coefficient (Wildman–Crippen LogP) is 2.68. The van der Waals surface area contributed by atoms with Crippen LogP contribution in [0, 0.1) is 5.92 Å². The van der Waals surface area contributed by atoms with Gasteiger partial charge in [0.05, 0.1) is 0 Å². The molecule has 1 aliphatic rings. The van der Waals surface area contributed by atoms with E-state index < -0.39 is 0 Å². The van der Waals surface area contributed by atoms with Crippen molar-refractivity contribution in [3.8, 4) is 0 Å². The Morgan fingerprint density at radius 3 is 2.67 bits per heavy atom. The van der Waals surface area contributed by atoms with E-state index in [-0.39, 0.29) is 0 Å². The second kappa shape index (κ2) is 5.18. The Morgan fingerprint density at radius 2 is 2.17 bits per heavy atom. The summed E-state index contributed by atoms with van der Waals surface area (Å²) in [7, 11) is 0. The maximum Gasteiger partial charge on any atom is 0.0378 e. The standard InChI is InChI=1S/C10H20N2/c1-2-3-4-5-10(12-11)8-9-6-7-9/h9H,2-8,11H2,1H3. The van der Waals surface area contributed by atoms with Crippen molar-refractivity contribution in [3.63, 3.8) is 0 Å². The lowest BCUT2D eigenvalue weighted by Crippen LogP contribution is -2.03. The Morgan fingerprint density at radius 1 is 1.42 bits per heavy atom. The van der Waals surface area contributed by atoms with Crippen LogP contribution in [0.4, 0.5) is 0 Å². The predicted molar refractivity (Wildman–Crippen MR) is 53.1 cm³/mol. The van der Waals surface area contributed by atoms with Crippen LogP contribution in [-0.4, -0.2) is 5.71 Å².